The van der Waals surface area contributed by atoms with Crippen molar-refractivity contribution in [3.63, 3.8) is 0 Å². The van der Waals surface area contributed by atoms with E-state index in [0.29, 0.717) is 6.42 Å². The van der Waals surface area contributed by atoms with Gasteiger partial charge in [-0.1, -0.05) is 19.6 Å². The molecule has 0 rings (SSSR count). The predicted molar refractivity (Wildman–Crippen MR) is 47.4 cm³/mol. The smallest absolute Gasteiger partial charge is 0.129 e. The molecule has 0 aromatic carbocycles. The maximum Gasteiger partial charge on any atom is 0.129 e. The Labute approximate surface area is 64.5 Å². The van der Waals surface area contributed by atoms with Gasteiger partial charge in [-0.25, -0.2) is 0 Å². The third-order valence-electron chi connectivity index (χ3n) is 0.861. The van der Waals surface area contributed by atoms with Crippen LogP contribution >= 0.6 is 0 Å². The summed E-state index contributed by atoms with van der Waals surface area (Å²) in [6, 6.07) is 0. The van der Waals surface area contributed by atoms with Crippen molar-refractivity contribution < 1.29 is 5.11 Å². The highest BCUT2D eigenvalue weighted by atomic mass is 28.3. The van der Waals surface area contributed by atoms with Crippen LogP contribution in [0.5, 0.6) is 0 Å². The van der Waals surface area contributed by atoms with E-state index in [1.165, 1.54) is 0 Å². The van der Waals surface area contributed by atoms with Gasteiger partial charge in [0.15, 0.2) is 0 Å². The molecule has 0 aliphatic heterocycles. The Kier molecular flexibility index (Phi) is 3.70. The van der Waals surface area contributed by atoms with Gasteiger partial charge in [-0.15, -0.1) is 11.5 Å². The zero-order valence-electron chi connectivity index (χ0n) is 7.23. The molecule has 2 heteroatoms. The van der Waals surface area contributed by atoms with Crippen LogP contribution in [0.3, 0.4) is 0 Å². The topological polar surface area (TPSA) is 20.2 Å². The minimum atomic E-state index is -1.20. The molecule has 0 spiro atoms. The van der Waals surface area contributed by atoms with Gasteiger partial charge >= 0.3 is 0 Å². The normalized spacial score (nSPS) is 13.7. The molecule has 0 fully saturated rings. The monoisotopic (exact) mass is 156 g/mol. The molecule has 0 aromatic heterocycles. The second-order valence-electron chi connectivity index (χ2n) is 3.60. The third kappa shape index (κ3) is 7.74. The van der Waals surface area contributed by atoms with Crippen LogP contribution in [0, 0.1) is 11.5 Å². The quantitative estimate of drug-likeness (QED) is 0.452. The van der Waals surface area contributed by atoms with Crippen molar-refractivity contribution in [3.8, 4) is 11.5 Å². The molecule has 0 heterocycles. The summed E-state index contributed by atoms with van der Waals surface area (Å²) in [6.07, 6.45) is 0.341. The van der Waals surface area contributed by atoms with Crippen LogP contribution in [-0.4, -0.2) is 19.3 Å². The maximum atomic E-state index is 8.86. The highest BCUT2D eigenvalue weighted by molar-refractivity contribution is 6.83. The minimum absolute atomic E-state index is 0.274. The Morgan fingerprint density at radius 2 is 1.90 bits per heavy atom. The molecule has 0 aliphatic rings. The second-order valence-corrected chi connectivity index (χ2v) is 8.35. The summed E-state index contributed by atoms with van der Waals surface area (Å²) in [7, 11) is -1.20. The molecule has 0 amide bonds. The van der Waals surface area contributed by atoms with Crippen LogP contribution in [0.15, 0.2) is 0 Å². The molecule has 0 saturated heterocycles. The van der Waals surface area contributed by atoms with Gasteiger partial charge in [0.05, 0.1) is 6.10 Å². The van der Waals surface area contributed by atoms with E-state index in [1.54, 1.807) is 6.92 Å². The molecule has 0 aliphatic carbocycles. The fraction of sp³-hybridized carbons (Fsp3) is 0.750. The first-order valence-electron chi connectivity index (χ1n) is 3.60. The number of rotatable bonds is 1. The van der Waals surface area contributed by atoms with E-state index in [-0.39, 0.29) is 6.10 Å². The molecule has 0 saturated carbocycles. The molecular formula is C8H16OSi. The summed E-state index contributed by atoms with van der Waals surface area (Å²) in [6.45, 7) is 8.35. The van der Waals surface area contributed by atoms with Crippen LogP contribution in [0.4, 0.5) is 0 Å². The molecule has 58 valence electrons. The van der Waals surface area contributed by atoms with E-state index < -0.39 is 8.07 Å². The second kappa shape index (κ2) is 3.80. The van der Waals surface area contributed by atoms with Gasteiger partial charge in [0.1, 0.15) is 8.07 Å². The Balaban J connectivity index is 3.71. The molecule has 1 nitrogen and oxygen atoms in total. The minimum Gasteiger partial charge on any atom is -0.392 e. The van der Waals surface area contributed by atoms with Gasteiger partial charge in [-0.2, -0.15) is 0 Å². The summed E-state index contributed by atoms with van der Waals surface area (Å²) in [5.41, 5.74) is 3.18. The lowest BCUT2D eigenvalue weighted by Gasteiger charge is -2.03. The summed E-state index contributed by atoms with van der Waals surface area (Å²) in [5.74, 6) is 2.99. The first kappa shape index (κ1) is 9.74. The zero-order chi connectivity index (χ0) is 8.20. The van der Waals surface area contributed by atoms with Crippen LogP contribution in [-0.2, 0) is 0 Å². The molecule has 1 N–H and O–H groups in total. The maximum absolute atomic E-state index is 8.86. The van der Waals surface area contributed by atoms with E-state index in [0.717, 1.165) is 0 Å². The molecule has 1 unspecified atom stereocenters. The molecular weight excluding hydrogens is 140 g/mol. The highest BCUT2D eigenvalue weighted by Crippen LogP contribution is 1.97. The lowest BCUT2D eigenvalue weighted by atomic mass is 10.3. The fourth-order valence-electron chi connectivity index (χ4n) is 0.464. The average molecular weight is 156 g/mol. The molecule has 0 radical (unpaired) electrons. The SMILES string of the molecule is CC(O)CC#C[Si](C)(C)C. The lowest BCUT2D eigenvalue weighted by Crippen LogP contribution is -2.16. The first-order chi connectivity index (χ1) is 4.42. The van der Waals surface area contributed by atoms with E-state index >= 15 is 0 Å². The fourth-order valence-corrected chi connectivity index (χ4v) is 1.10. The Bertz CT molecular complexity index is 145. The van der Waals surface area contributed by atoms with Crippen molar-refractivity contribution in [1.82, 2.24) is 0 Å². The standard InChI is InChI=1S/C8H16OSi/c1-8(9)6-5-7-10(2,3)4/h8-9H,6H2,1-4H3. The van der Waals surface area contributed by atoms with E-state index in [2.05, 4.69) is 31.1 Å². The lowest BCUT2D eigenvalue weighted by molar-refractivity contribution is 0.201. The largest absolute Gasteiger partial charge is 0.392 e. The van der Waals surface area contributed by atoms with Gasteiger partial charge in [-0.05, 0) is 6.92 Å². The number of aliphatic hydroxyl groups excluding tert-OH is 1. The molecule has 0 bridgehead atoms. The van der Waals surface area contributed by atoms with Crippen LogP contribution in [0.2, 0.25) is 19.6 Å². The molecule has 1 atom stereocenters. The van der Waals surface area contributed by atoms with Gasteiger partial charge in [0.25, 0.3) is 0 Å². The summed E-state index contributed by atoms with van der Waals surface area (Å²) < 4.78 is 0. The van der Waals surface area contributed by atoms with Gasteiger partial charge in [0, 0.05) is 6.42 Å². The van der Waals surface area contributed by atoms with Crippen molar-refractivity contribution >= 4 is 8.07 Å². The van der Waals surface area contributed by atoms with Crippen molar-refractivity contribution in [2.45, 2.75) is 39.1 Å². The molecule has 0 aromatic rings. The van der Waals surface area contributed by atoms with E-state index in [4.69, 9.17) is 5.11 Å². The summed E-state index contributed by atoms with van der Waals surface area (Å²) >= 11 is 0. The predicted octanol–water partition coefficient (Wildman–Crippen LogP) is 1.64. The number of hydrogen-bond donors (Lipinski definition) is 1. The Morgan fingerprint density at radius 1 is 1.40 bits per heavy atom. The van der Waals surface area contributed by atoms with Gasteiger partial charge < -0.3 is 5.11 Å². The third-order valence-corrected chi connectivity index (χ3v) is 1.79. The number of aliphatic hydroxyl groups is 1. The van der Waals surface area contributed by atoms with Crippen molar-refractivity contribution in [1.29, 1.82) is 0 Å². The first-order valence-corrected chi connectivity index (χ1v) is 7.10. The highest BCUT2D eigenvalue weighted by Gasteiger charge is 2.06. The van der Waals surface area contributed by atoms with Crippen LogP contribution in [0.25, 0.3) is 0 Å². The van der Waals surface area contributed by atoms with Crippen molar-refractivity contribution in [2.24, 2.45) is 0 Å². The van der Waals surface area contributed by atoms with Crippen LogP contribution < -0.4 is 0 Å². The Hall–Kier alpha value is -0.263. The zero-order valence-corrected chi connectivity index (χ0v) is 8.23. The van der Waals surface area contributed by atoms with E-state index in [1.807, 2.05) is 0 Å². The number of hydrogen-bond acceptors (Lipinski definition) is 1. The summed E-state index contributed by atoms with van der Waals surface area (Å²) in [4.78, 5) is 0. The van der Waals surface area contributed by atoms with Gasteiger partial charge in [-0.3, -0.25) is 0 Å². The molecule has 10 heavy (non-hydrogen) atoms. The summed E-state index contributed by atoms with van der Waals surface area (Å²) in [5, 5.41) is 8.86. The van der Waals surface area contributed by atoms with Crippen molar-refractivity contribution in [2.75, 3.05) is 0 Å². The van der Waals surface area contributed by atoms with E-state index in [9.17, 15) is 0 Å². The Morgan fingerprint density at radius 3 is 2.20 bits per heavy atom. The van der Waals surface area contributed by atoms with Crippen molar-refractivity contribution in [3.05, 3.63) is 0 Å². The average Bonchev–Trinajstić information content (AvgIpc) is 1.59. The van der Waals surface area contributed by atoms with Gasteiger partial charge in [0.2, 0.25) is 0 Å². The van der Waals surface area contributed by atoms with Crippen LogP contribution in [0.1, 0.15) is 13.3 Å².